The molecule has 0 spiro atoms. The Labute approximate surface area is 131 Å². The van der Waals surface area contributed by atoms with E-state index in [1.54, 1.807) is 19.9 Å². The predicted octanol–water partition coefficient (Wildman–Crippen LogP) is 3.69. The third-order valence-electron chi connectivity index (χ3n) is 3.68. The third kappa shape index (κ3) is 2.38. The van der Waals surface area contributed by atoms with Gasteiger partial charge in [0.25, 0.3) is 0 Å². The van der Waals surface area contributed by atoms with Gasteiger partial charge in [-0.25, -0.2) is 9.07 Å². The average Bonchev–Trinajstić information content (AvgIpc) is 3.08. The van der Waals surface area contributed by atoms with Crippen LogP contribution in [0.25, 0.3) is 16.9 Å². The van der Waals surface area contributed by atoms with Crippen LogP contribution in [0.5, 0.6) is 5.75 Å². The molecule has 7 heteroatoms. The SMILES string of the molecule is CCc1cc(-c2c(C)noc2C)n(-c2ccc(O)c(F)c2F)n1. The highest BCUT2D eigenvalue weighted by atomic mass is 19.2. The fraction of sp³-hybridized carbons (Fsp3) is 0.250. The Morgan fingerprint density at radius 3 is 2.57 bits per heavy atom. The molecule has 1 N–H and O–H groups in total. The van der Waals surface area contributed by atoms with Crippen molar-refractivity contribution in [2.75, 3.05) is 0 Å². The summed E-state index contributed by atoms with van der Waals surface area (Å²) in [5.74, 6) is -2.65. The van der Waals surface area contributed by atoms with Gasteiger partial charge in [0.1, 0.15) is 11.4 Å². The number of phenolic OH excluding ortho intramolecular Hbond substituents is 1. The molecule has 120 valence electrons. The summed E-state index contributed by atoms with van der Waals surface area (Å²) in [6.45, 7) is 5.42. The molecular weight excluding hydrogens is 304 g/mol. The van der Waals surface area contributed by atoms with E-state index in [0.29, 0.717) is 34.8 Å². The summed E-state index contributed by atoms with van der Waals surface area (Å²) in [7, 11) is 0. The number of aromatic hydroxyl groups is 1. The highest BCUT2D eigenvalue weighted by molar-refractivity contribution is 5.67. The second-order valence-corrected chi connectivity index (χ2v) is 5.22. The molecule has 0 fully saturated rings. The maximum absolute atomic E-state index is 14.2. The molecule has 0 atom stereocenters. The highest BCUT2D eigenvalue weighted by Crippen LogP contribution is 2.32. The zero-order chi connectivity index (χ0) is 16.7. The van der Waals surface area contributed by atoms with Gasteiger partial charge >= 0.3 is 0 Å². The minimum absolute atomic E-state index is 0.0880. The van der Waals surface area contributed by atoms with Gasteiger partial charge < -0.3 is 9.63 Å². The minimum Gasteiger partial charge on any atom is -0.505 e. The fourth-order valence-corrected chi connectivity index (χ4v) is 2.51. The van der Waals surface area contributed by atoms with Gasteiger partial charge in [-0.05, 0) is 38.5 Å². The molecule has 2 aromatic heterocycles. The van der Waals surface area contributed by atoms with Gasteiger partial charge in [0, 0.05) is 0 Å². The Bertz CT molecular complexity index is 864. The molecule has 2 heterocycles. The zero-order valence-electron chi connectivity index (χ0n) is 12.9. The van der Waals surface area contributed by atoms with E-state index in [4.69, 9.17) is 4.52 Å². The fourth-order valence-electron chi connectivity index (χ4n) is 2.51. The van der Waals surface area contributed by atoms with E-state index >= 15 is 0 Å². The van der Waals surface area contributed by atoms with E-state index in [-0.39, 0.29) is 5.69 Å². The Morgan fingerprint density at radius 1 is 1.22 bits per heavy atom. The normalized spacial score (nSPS) is 11.2. The first-order valence-corrected chi connectivity index (χ1v) is 7.13. The van der Waals surface area contributed by atoms with E-state index in [2.05, 4.69) is 10.3 Å². The Balaban J connectivity index is 2.29. The van der Waals surface area contributed by atoms with Crippen LogP contribution in [0.1, 0.15) is 24.1 Å². The second kappa shape index (κ2) is 5.49. The van der Waals surface area contributed by atoms with E-state index < -0.39 is 17.4 Å². The van der Waals surface area contributed by atoms with Crippen molar-refractivity contribution in [3.05, 3.63) is 47.0 Å². The molecule has 5 nitrogen and oxygen atoms in total. The highest BCUT2D eigenvalue weighted by Gasteiger charge is 2.22. The molecule has 0 unspecified atom stereocenters. The number of phenols is 1. The molecule has 3 aromatic rings. The number of halogens is 2. The zero-order valence-corrected chi connectivity index (χ0v) is 12.9. The standard InChI is InChI=1S/C16H15F2N3O2/c1-4-10-7-12(14-8(2)20-23-9(14)3)21(19-10)11-5-6-13(22)16(18)15(11)17/h5-7,22H,4H2,1-3H3. The maximum Gasteiger partial charge on any atom is 0.202 e. The second-order valence-electron chi connectivity index (χ2n) is 5.22. The predicted molar refractivity (Wildman–Crippen MR) is 79.5 cm³/mol. The summed E-state index contributed by atoms with van der Waals surface area (Å²) in [6, 6.07) is 4.16. The topological polar surface area (TPSA) is 64.1 Å². The molecule has 0 radical (unpaired) electrons. The molecule has 3 rings (SSSR count). The minimum atomic E-state index is -1.30. The lowest BCUT2D eigenvalue weighted by Gasteiger charge is -2.09. The largest absolute Gasteiger partial charge is 0.505 e. The van der Waals surface area contributed by atoms with Crippen molar-refractivity contribution in [1.82, 2.24) is 14.9 Å². The van der Waals surface area contributed by atoms with Crippen LogP contribution in [0.2, 0.25) is 0 Å². The molecule has 0 saturated carbocycles. The van der Waals surface area contributed by atoms with Crippen molar-refractivity contribution >= 4 is 0 Å². The Kier molecular flexibility index (Phi) is 3.63. The smallest absolute Gasteiger partial charge is 0.202 e. The number of aromatic nitrogens is 3. The van der Waals surface area contributed by atoms with Crippen LogP contribution in [-0.2, 0) is 6.42 Å². The van der Waals surface area contributed by atoms with Crippen LogP contribution < -0.4 is 0 Å². The van der Waals surface area contributed by atoms with Crippen LogP contribution in [-0.4, -0.2) is 20.0 Å². The van der Waals surface area contributed by atoms with Crippen molar-refractivity contribution in [3.8, 4) is 22.7 Å². The summed E-state index contributed by atoms with van der Waals surface area (Å²) < 4.78 is 34.4. The lowest BCUT2D eigenvalue weighted by atomic mass is 10.1. The van der Waals surface area contributed by atoms with Gasteiger partial charge in [0.15, 0.2) is 11.6 Å². The number of rotatable bonds is 3. The quantitative estimate of drug-likeness (QED) is 0.799. The molecule has 23 heavy (non-hydrogen) atoms. The Hall–Kier alpha value is -2.70. The number of benzene rings is 1. The van der Waals surface area contributed by atoms with Crippen molar-refractivity contribution in [2.45, 2.75) is 27.2 Å². The van der Waals surface area contributed by atoms with Crippen LogP contribution in [0, 0.1) is 25.5 Å². The first kappa shape index (κ1) is 15.2. The molecule has 0 aliphatic carbocycles. The van der Waals surface area contributed by atoms with Gasteiger partial charge in [-0.15, -0.1) is 0 Å². The van der Waals surface area contributed by atoms with Crippen molar-refractivity contribution < 1.29 is 18.4 Å². The van der Waals surface area contributed by atoms with Gasteiger partial charge in [-0.1, -0.05) is 12.1 Å². The number of hydrogen-bond acceptors (Lipinski definition) is 4. The Morgan fingerprint density at radius 2 is 1.96 bits per heavy atom. The first-order valence-electron chi connectivity index (χ1n) is 7.13. The number of nitrogens with zero attached hydrogens (tertiary/aromatic N) is 3. The molecule has 0 aliphatic rings. The molecule has 0 aliphatic heterocycles. The van der Waals surface area contributed by atoms with Gasteiger partial charge in [0.2, 0.25) is 5.82 Å². The van der Waals surface area contributed by atoms with E-state index in [0.717, 1.165) is 6.07 Å². The lowest BCUT2D eigenvalue weighted by molar-refractivity contribution is 0.393. The molecule has 0 saturated heterocycles. The van der Waals surface area contributed by atoms with Crippen LogP contribution in [0.15, 0.2) is 22.7 Å². The summed E-state index contributed by atoms with van der Waals surface area (Å²) in [5, 5.41) is 17.5. The molecular formula is C16H15F2N3O2. The van der Waals surface area contributed by atoms with Crippen LogP contribution >= 0.6 is 0 Å². The van der Waals surface area contributed by atoms with E-state index in [1.165, 1.54) is 10.7 Å². The number of aryl methyl sites for hydroxylation is 3. The van der Waals surface area contributed by atoms with Crippen LogP contribution in [0.3, 0.4) is 0 Å². The van der Waals surface area contributed by atoms with E-state index in [9.17, 15) is 13.9 Å². The van der Waals surface area contributed by atoms with Crippen LogP contribution in [0.4, 0.5) is 8.78 Å². The van der Waals surface area contributed by atoms with Crippen molar-refractivity contribution in [2.24, 2.45) is 0 Å². The van der Waals surface area contributed by atoms with E-state index in [1.807, 2.05) is 6.92 Å². The monoisotopic (exact) mass is 319 g/mol. The van der Waals surface area contributed by atoms with Gasteiger partial charge in [-0.3, -0.25) is 0 Å². The lowest BCUT2D eigenvalue weighted by Crippen LogP contribution is -2.05. The summed E-state index contributed by atoms with van der Waals surface area (Å²) >= 11 is 0. The molecule has 0 amide bonds. The van der Waals surface area contributed by atoms with Crippen molar-refractivity contribution in [3.63, 3.8) is 0 Å². The average molecular weight is 319 g/mol. The molecule has 0 bridgehead atoms. The summed E-state index contributed by atoms with van der Waals surface area (Å²) in [5.41, 5.74) is 2.50. The van der Waals surface area contributed by atoms with Gasteiger partial charge in [-0.2, -0.15) is 9.49 Å². The molecule has 1 aromatic carbocycles. The maximum atomic E-state index is 14.2. The number of hydrogen-bond donors (Lipinski definition) is 1. The summed E-state index contributed by atoms with van der Waals surface area (Å²) in [4.78, 5) is 0. The van der Waals surface area contributed by atoms with Gasteiger partial charge in [0.05, 0.1) is 22.6 Å². The third-order valence-corrected chi connectivity index (χ3v) is 3.68. The first-order chi connectivity index (χ1) is 10.9. The van der Waals surface area contributed by atoms with Crippen molar-refractivity contribution in [1.29, 1.82) is 0 Å². The summed E-state index contributed by atoms with van der Waals surface area (Å²) in [6.07, 6.45) is 0.631.